The molecular weight excluding hydrogens is 330 g/mol. The van der Waals surface area contributed by atoms with E-state index in [0.29, 0.717) is 18.1 Å². The first kappa shape index (κ1) is 16.5. The van der Waals surface area contributed by atoms with Crippen molar-refractivity contribution in [3.63, 3.8) is 0 Å². The number of rotatable bonds is 5. The number of anilines is 1. The summed E-state index contributed by atoms with van der Waals surface area (Å²) in [5, 5.41) is 7.42. The number of methoxy groups -OCH3 is 1. The van der Waals surface area contributed by atoms with E-state index in [0.717, 1.165) is 48.9 Å². The third-order valence-corrected chi connectivity index (χ3v) is 4.43. The Bertz CT molecular complexity index is 839. The van der Waals surface area contributed by atoms with Gasteiger partial charge in [-0.2, -0.15) is 4.98 Å². The zero-order valence-electron chi connectivity index (χ0n) is 14.7. The number of benzene rings is 1. The maximum Gasteiger partial charge on any atom is 0.259 e. The average Bonchev–Trinajstić information content (AvgIpc) is 3.18. The number of piperazine rings is 1. The standard InChI is InChI=1S/C19H21N5O2/c1-25-16-5-2-14(3-6-16)12-17-22-19(26-23-17)15-4-7-18(21-13-15)24-10-8-20-9-11-24/h2-7,13,20H,8-12H2,1H3. The van der Waals surface area contributed by atoms with E-state index in [4.69, 9.17) is 9.26 Å². The van der Waals surface area contributed by atoms with Crippen LogP contribution in [0.1, 0.15) is 11.4 Å². The molecule has 3 heterocycles. The summed E-state index contributed by atoms with van der Waals surface area (Å²) in [6.07, 6.45) is 2.40. The zero-order valence-corrected chi connectivity index (χ0v) is 14.7. The van der Waals surface area contributed by atoms with Crippen molar-refractivity contribution < 1.29 is 9.26 Å². The van der Waals surface area contributed by atoms with E-state index in [1.807, 2.05) is 36.4 Å². The molecule has 1 fully saturated rings. The topological polar surface area (TPSA) is 76.3 Å². The van der Waals surface area contributed by atoms with Gasteiger partial charge >= 0.3 is 0 Å². The molecule has 1 N–H and O–H groups in total. The average molecular weight is 351 g/mol. The summed E-state index contributed by atoms with van der Waals surface area (Å²) in [4.78, 5) is 11.3. The molecule has 1 aliphatic heterocycles. The molecule has 2 aromatic heterocycles. The first-order valence-electron chi connectivity index (χ1n) is 8.69. The van der Waals surface area contributed by atoms with Crippen LogP contribution < -0.4 is 15.0 Å². The lowest BCUT2D eigenvalue weighted by Crippen LogP contribution is -2.43. The lowest BCUT2D eigenvalue weighted by molar-refractivity contribution is 0.414. The fourth-order valence-electron chi connectivity index (χ4n) is 2.96. The minimum absolute atomic E-state index is 0.493. The zero-order chi connectivity index (χ0) is 17.8. The summed E-state index contributed by atoms with van der Waals surface area (Å²) in [5.41, 5.74) is 1.93. The van der Waals surface area contributed by atoms with Gasteiger partial charge in [-0.05, 0) is 29.8 Å². The summed E-state index contributed by atoms with van der Waals surface area (Å²) < 4.78 is 10.6. The molecule has 1 aromatic carbocycles. The first-order valence-corrected chi connectivity index (χ1v) is 8.69. The van der Waals surface area contributed by atoms with Crippen LogP contribution in [0.5, 0.6) is 5.75 Å². The summed E-state index contributed by atoms with van der Waals surface area (Å²) in [6.45, 7) is 3.92. The Balaban J connectivity index is 1.45. The van der Waals surface area contributed by atoms with E-state index in [1.54, 1.807) is 13.3 Å². The Morgan fingerprint density at radius 2 is 1.92 bits per heavy atom. The molecule has 0 bridgehead atoms. The molecule has 1 aliphatic rings. The van der Waals surface area contributed by atoms with Crippen molar-refractivity contribution in [3.8, 4) is 17.2 Å². The molecule has 3 aromatic rings. The fourth-order valence-corrected chi connectivity index (χ4v) is 2.96. The normalized spacial score (nSPS) is 14.4. The van der Waals surface area contributed by atoms with Crippen LogP contribution in [0.3, 0.4) is 0 Å². The highest BCUT2D eigenvalue weighted by molar-refractivity contribution is 5.54. The van der Waals surface area contributed by atoms with Crippen molar-refractivity contribution in [3.05, 3.63) is 54.0 Å². The molecule has 0 spiro atoms. The van der Waals surface area contributed by atoms with Gasteiger partial charge in [-0.1, -0.05) is 17.3 Å². The molecule has 0 unspecified atom stereocenters. The Labute approximate surface area is 152 Å². The molecule has 0 atom stereocenters. The number of nitrogens with one attached hydrogen (secondary N) is 1. The molecule has 0 aliphatic carbocycles. The minimum atomic E-state index is 0.493. The molecule has 1 saturated heterocycles. The van der Waals surface area contributed by atoms with E-state index in [2.05, 4.69) is 25.3 Å². The van der Waals surface area contributed by atoms with Crippen LogP contribution in [0.4, 0.5) is 5.82 Å². The minimum Gasteiger partial charge on any atom is -0.497 e. The smallest absolute Gasteiger partial charge is 0.259 e. The van der Waals surface area contributed by atoms with Gasteiger partial charge in [0, 0.05) is 38.8 Å². The summed E-state index contributed by atoms with van der Waals surface area (Å²) in [5.74, 6) is 2.95. The second kappa shape index (κ2) is 7.53. The SMILES string of the molecule is COc1ccc(Cc2noc(-c3ccc(N4CCNCC4)nc3)n2)cc1. The lowest BCUT2D eigenvalue weighted by Gasteiger charge is -2.28. The highest BCUT2D eigenvalue weighted by Gasteiger charge is 2.14. The fraction of sp³-hybridized carbons (Fsp3) is 0.316. The highest BCUT2D eigenvalue weighted by atomic mass is 16.5. The second-order valence-corrected chi connectivity index (χ2v) is 6.18. The third kappa shape index (κ3) is 3.67. The predicted octanol–water partition coefficient (Wildman–Crippen LogP) is 2.14. The largest absolute Gasteiger partial charge is 0.497 e. The van der Waals surface area contributed by atoms with E-state index in [9.17, 15) is 0 Å². The second-order valence-electron chi connectivity index (χ2n) is 6.18. The van der Waals surface area contributed by atoms with Crippen LogP contribution in [-0.2, 0) is 6.42 Å². The predicted molar refractivity (Wildman–Crippen MR) is 98.4 cm³/mol. The quantitative estimate of drug-likeness (QED) is 0.755. The summed E-state index contributed by atoms with van der Waals surface area (Å²) >= 11 is 0. The van der Waals surface area contributed by atoms with Crippen LogP contribution in [-0.4, -0.2) is 48.4 Å². The first-order chi connectivity index (χ1) is 12.8. The van der Waals surface area contributed by atoms with E-state index >= 15 is 0 Å². The molecule has 7 nitrogen and oxygen atoms in total. The number of pyridine rings is 1. The summed E-state index contributed by atoms with van der Waals surface area (Å²) in [6, 6.07) is 11.8. The van der Waals surface area contributed by atoms with Gasteiger partial charge in [0.2, 0.25) is 0 Å². The monoisotopic (exact) mass is 351 g/mol. The summed E-state index contributed by atoms with van der Waals surface area (Å²) in [7, 11) is 1.65. The van der Waals surface area contributed by atoms with Crippen LogP contribution in [0.15, 0.2) is 47.1 Å². The van der Waals surface area contributed by atoms with Gasteiger partial charge in [-0.3, -0.25) is 0 Å². The molecule has 4 rings (SSSR count). The van der Waals surface area contributed by atoms with Crippen molar-refractivity contribution in [2.75, 3.05) is 38.2 Å². The van der Waals surface area contributed by atoms with E-state index in [-0.39, 0.29) is 0 Å². The molecule has 7 heteroatoms. The van der Waals surface area contributed by atoms with Gasteiger partial charge < -0.3 is 19.5 Å². The number of nitrogens with zero attached hydrogens (tertiary/aromatic N) is 4. The van der Waals surface area contributed by atoms with Crippen molar-refractivity contribution in [2.24, 2.45) is 0 Å². The van der Waals surface area contributed by atoms with Gasteiger partial charge in [0.25, 0.3) is 5.89 Å². The van der Waals surface area contributed by atoms with Gasteiger partial charge in [-0.15, -0.1) is 0 Å². The van der Waals surface area contributed by atoms with Crippen molar-refractivity contribution >= 4 is 5.82 Å². The molecule has 0 amide bonds. The Hall–Kier alpha value is -2.93. The highest BCUT2D eigenvalue weighted by Crippen LogP contribution is 2.21. The van der Waals surface area contributed by atoms with Gasteiger partial charge in [0.15, 0.2) is 5.82 Å². The Kier molecular flexibility index (Phi) is 4.79. The Morgan fingerprint density at radius 1 is 1.12 bits per heavy atom. The number of aromatic nitrogens is 3. The maximum absolute atomic E-state index is 5.40. The van der Waals surface area contributed by atoms with Crippen molar-refractivity contribution in [2.45, 2.75) is 6.42 Å². The molecule has 134 valence electrons. The van der Waals surface area contributed by atoms with Gasteiger partial charge in [0.1, 0.15) is 11.6 Å². The lowest BCUT2D eigenvalue weighted by atomic mass is 10.1. The third-order valence-electron chi connectivity index (χ3n) is 4.43. The number of hydrogen-bond acceptors (Lipinski definition) is 7. The van der Waals surface area contributed by atoms with Crippen LogP contribution >= 0.6 is 0 Å². The molecule has 0 radical (unpaired) electrons. The number of ether oxygens (including phenoxy) is 1. The number of hydrogen-bond donors (Lipinski definition) is 1. The molecule has 0 saturated carbocycles. The van der Waals surface area contributed by atoms with E-state index in [1.165, 1.54) is 0 Å². The van der Waals surface area contributed by atoms with Gasteiger partial charge in [-0.25, -0.2) is 4.98 Å². The Morgan fingerprint density at radius 3 is 2.62 bits per heavy atom. The van der Waals surface area contributed by atoms with Gasteiger partial charge in [0.05, 0.1) is 12.7 Å². The van der Waals surface area contributed by atoms with Crippen molar-refractivity contribution in [1.82, 2.24) is 20.4 Å². The molecule has 26 heavy (non-hydrogen) atoms. The van der Waals surface area contributed by atoms with Crippen molar-refractivity contribution in [1.29, 1.82) is 0 Å². The maximum atomic E-state index is 5.40. The van der Waals surface area contributed by atoms with Crippen LogP contribution in [0, 0.1) is 0 Å². The van der Waals surface area contributed by atoms with Crippen LogP contribution in [0.25, 0.3) is 11.5 Å². The van der Waals surface area contributed by atoms with Crippen LogP contribution in [0.2, 0.25) is 0 Å². The van der Waals surface area contributed by atoms with E-state index < -0.39 is 0 Å². The molecular formula is C19H21N5O2.